The SMILES string of the molecule is CCOC(=O)C(C)Oc1c(C(C)N)ccc2ccccc12. The van der Waals surface area contributed by atoms with Crippen molar-refractivity contribution in [2.45, 2.75) is 32.9 Å². The summed E-state index contributed by atoms with van der Waals surface area (Å²) in [7, 11) is 0. The maximum atomic E-state index is 11.8. The number of esters is 1. The predicted octanol–water partition coefficient (Wildman–Crippen LogP) is 3.19. The Balaban J connectivity index is 2.44. The summed E-state index contributed by atoms with van der Waals surface area (Å²) in [4.78, 5) is 11.8. The van der Waals surface area contributed by atoms with Crippen LogP contribution in [0.4, 0.5) is 0 Å². The molecule has 4 nitrogen and oxygen atoms in total. The van der Waals surface area contributed by atoms with Crippen LogP contribution in [0.15, 0.2) is 36.4 Å². The highest BCUT2D eigenvalue weighted by Gasteiger charge is 2.20. The van der Waals surface area contributed by atoms with Crippen LogP contribution >= 0.6 is 0 Å². The fourth-order valence-corrected chi connectivity index (χ4v) is 2.23. The molecule has 0 saturated carbocycles. The van der Waals surface area contributed by atoms with Gasteiger partial charge in [-0.15, -0.1) is 0 Å². The first-order valence-corrected chi connectivity index (χ1v) is 7.15. The molecule has 2 aromatic carbocycles. The Morgan fingerprint density at radius 3 is 2.57 bits per heavy atom. The number of benzene rings is 2. The quantitative estimate of drug-likeness (QED) is 0.858. The maximum Gasteiger partial charge on any atom is 0.347 e. The molecule has 0 fully saturated rings. The first-order chi connectivity index (χ1) is 10.0. The summed E-state index contributed by atoms with van der Waals surface area (Å²) in [6.45, 7) is 5.69. The molecule has 0 radical (unpaired) electrons. The summed E-state index contributed by atoms with van der Waals surface area (Å²) in [5, 5.41) is 2.00. The first-order valence-electron chi connectivity index (χ1n) is 7.15. The van der Waals surface area contributed by atoms with Crippen molar-refractivity contribution in [1.29, 1.82) is 0 Å². The Morgan fingerprint density at radius 2 is 1.90 bits per heavy atom. The van der Waals surface area contributed by atoms with E-state index in [0.29, 0.717) is 12.4 Å². The first kappa shape index (κ1) is 15.3. The molecule has 0 aromatic heterocycles. The molecular weight excluding hydrogens is 266 g/mol. The molecule has 0 bridgehead atoms. The number of hydrogen-bond acceptors (Lipinski definition) is 4. The van der Waals surface area contributed by atoms with Gasteiger partial charge < -0.3 is 15.2 Å². The molecule has 0 aliphatic carbocycles. The monoisotopic (exact) mass is 287 g/mol. The van der Waals surface area contributed by atoms with E-state index in [1.54, 1.807) is 13.8 Å². The Morgan fingerprint density at radius 1 is 1.19 bits per heavy atom. The summed E-state index contributed by atoms with van der Waals surface area (Å²) in [6, 6.07) is 11.6. The van der Waals surface area contributed by atoms with Crippen molar-refractivity contribution >= 4 is 16.7 Å². The number of rotatable bonds is 5. The van der Waals surface area contributed by atoms with Crippen LogP contribution in [-0.4, -0.2) is 18.7 Å². The molecule has 2 rings (SSSR count). The van der Waals surface area contributed by atoms with Crippen LogP contribution in [0.2, 0.25) is 0 Å². The molecule has 0 aliphatic heterocycles. The lowest BCUT2D eigenvalue weighted by Crippen LogP contribution is -2.27. The van der Waals surface area contributed by atoms with E-state index < -0.39 is 6.10 Å². The van der Waals surface area contributed by atoms with Gasteiger partial charge in [0, 0.05) is 17.0 Å². The molecule has 2 atom stereocenters. The molecule has 2 unspecified atom stereocenters. The zero-order chi connectivity index (χ0) is 15.4. The molecule has 0 spiro atoms. The molecule has 2 N–H and O–H groups in total. The minimum absolute atomic E-state index is 0.181. The fourth-order valence-electron chi connectivity index (χ4n) is 2.23. The van der Waals surface area contributed by atoms with Gasteiger partial charge in [-0.2, -0.15) is 0 Å². The third-order valence-corrected chi connectivity index (χ3v) is 3.31. The van der Waals surface area contributed by atoms with Gasteiger partial charge in [0.15, 0.2) is 6.10 Å². The average Bonchev–Trinajstić information content (AvgIpc) is 2.47. The van der Waals surface area contributed by atoms with Crippen LogP contribution < -0.4 is 10.5 Å². The van der Waals surface area contributed by atoms with Crippen LogP contribution in [0, 0.1) is 0 Å². The number of fused-ring (bicyclic) bond motifs is 1. The van der Waals surface area contributed by atoms with Crippen LogP contribution in [0.5, 0.6) is 5.75 Å². The molecule has 0 heterocycles. The minimum atomic E-state index is -0.673. The Kier molecular flexibility index (Phi) is 4.81. The van der Waals surface area contributed by atoms with E-state index in [2.05, 4.69) is 0 Å². The minimum Gasteiger partial charge on any atom is -0.478 e. The third kappa shape index (κ3) is 3.34. The molecular formula is C17H21NO3. The molecule has 21 heavy (non-hydrogen) atoms. The number of carbonyl (C=O) groups is 1. The molecule has 0 aliphatic rings. The van der Waals surface area contributed by atoms with Gasteiger partial charge in [-0.25, -0.2) is 4.79 Å². The van der Waals surface area contributed by atoms with Gasteiger partial charge in [-0.05, 0) is 26.2 Å². The van der Waals surface area contributed by atoms with Gasteiger partial charge >= 0.3 is 5.97 Å². The van der Waals surface area contributed by atoms with Crippen molar-refractivity contribution in [3.8, 4) is 5.75 Å². The zero-order valence-electron chi connectivity index (χ0n) is 12.6. The Bertz CT molecular complexity index is 637. The summed E-state index contributed by atoms with van der Waals surface area (Å²) < 4.78 is 10.9. The van der Waals surface area contributed by atoms with Crippen molar-refractivity contribution in [1.82, 2.24) is 0 Å². The summed E-state index contributed by atoms with van der Waals surface area (Å²) in [6.07, 6.45) is -0.673. The summed E-state index contributed by atoms with van der Waals surface area (Å²) in [5.41, 5.74) is 6.90. The number of hydrogen-bond donors (Lipinski definition) is 1. The second-order valence-electron chi connectivity index (χ2n) is 5.01. The molecule has 112 valence electrons. The van der Waals surface area contributed by atoms with Crippen LogP contribution in [0.3, 0.4) is 0 Å². The molecule has 0 amide bonds. The van der Waals surface area contributed by atoms with E-state index in [0.717, 1.165) is 16.3 Å². The molecule has 2 aromatic rings. The lowest BCUT2D eigenvalue weighted by Gasteiger charge is -2.20. The van der Waals surface area contributed by atoms with Gasteiger partial charge in [-0.3, -0.25) is 0 Å². The van der Waals surface area contributed by atoms with Gasteiger partial charge in [-0.1, -0.05) is 36.4 Å². The van der Waals surface area contributed by atoms with Crippen molar-refractivity contribution in [3.05, 3.63) is 42.0 Å². The normalized spacial score (nSPS) is 13.7. The summed E-state index contributed by atoms with van der Waals surface area (Å²) >= 11 is 0. The highest BCUT2D eigenvalue weighted by Crippen LogP contribution is 2.33. The second-order valence-corrected chi connectivity index (χ2v) is 5.01. The third-order valence-electron chi connectivity index (χ3n) is 3.31. The summed E-state index contributed by atoms with van der Waals surface area (Å²) in [5.74, 6) is 0.282. The highest BCUT2D eigenvalue weighted by atomic mass is 16.6. The number of ether oxygens (including phenoxy) is 2. The topological polar surface area (TPSA) is 61.5 Å². The second kappa shape index (κ2) is 6.59. The predicted molar refractivity (Wildman–Crippen MR) is 83.3 cm³/mol. The Hall–Kier alpha value is -2.07. The van der Waals surface area contributed by atoms with Crippen molar-refractivity contribution < 1.29 is 14.3 Å². The molecule has 4 heteroatoms. The average molecular weight is 287 g/mol. The van der Waals surface area contributed by atoms with E-state index in [1.165, 1.54) is 0 Å². The zero-order valence-corrected chi connectivity index (χ0v) is 12.6. The van der Waals surface area contributed by atoms with Crippen LogP contribution in [-0.2, 0) is 9.53 Å². The highest BCUT2D eigenvalue weighted by molar-refractivity contribution is 5.90. The number of nitrogens with two attached hydrogens (primary N) is 1. The molecule has 0 saturated heterocycles. The van der Waals surface area contributed by atoms with Crippen LogP contribution in [0.1, 0.15) is 32.4 Å². The van der Waals surface area contributed by atoms with Crippen molar-refractivity contribution in [2.75, 3.05) is 6.61 Å². The van der Waals surface area contributed by atoms with Gasteiger partial charge in [0.2, 0.25) is 0 Å². The lowest BCUT2D eigenvalue weighted by atomic mass is 10.0. The Labute approximate surface area is 124 Å². The van der Waals surface area contributed by atoms with E-state index in [9.17, 15) is 4.79 Å². The number of carbonyl (C=O) groups excluding carboxylic acids is 1. The fraction of sp³-hybridized carbons (Fsp3) is 0.353. The van der Waals surface area contributed by atoms with E-state index >= 15 is 0 Å². The smallest absolute Gasteiger partial charge is 0.347 e. The van der Waals surface area contributed by atoms with Crippen LogP contribution in [0.25, 0.3) is 10.8 Å². The van der Waals surface area contributed by atoms with Gasteiger partial charge in [0.25, 0.3) is 0 Å². The largest absolute Gasteiger partial charge is 0.478 e. The van der Waals surface area contributed by atoms with E-state index in [4.69, 9.17) is 15.2 Å². The van der Waals surface area contributed by atoms with Crippen molar-refractivity contribution in [2.24, 2.45) is 5.73 Å². The van der Waals surface area contributed by atoms with E-state index in [-0.39, 0.29) is 12.0 Å². The maximum absolute atomic E-state index is 11.8. The van der Waals surface area contributed by atoms with E-state index in [1.807, 2.05) is 43.3 Å². The lowest BCUT2D eigenvalue weighted by molar-refractivity contribution is -0.150. The van der Waals surface area contributed by atoms with Crippen molar-refractivity contribution in [3.63, 3.8) is 0 Å². The standard InChI is InChI=1S/C17H21NO3/c1-4-20-17(19)12(3)21-16-14(11(2)18)10-9-13-7-5-6-8-15(13)16/h5-12H,4,18H2,1-3H3. The van der Waals surface area contributed by atoms with Gasteiger partial charge in [0.05, 0.1) is 6.61 Å². The van der Waals surface area contributed by atoms with Gasteiger partial charge in [0.1, 0.15) is 5.75 Å².